The molecule has 1 atom stereocenters. The topological polar surface area (TPSA) is 75.4 Å². The predicted molar refractivity (Wildman–Crippen MR) is 98.2 cm³/mol. The highest BCUT2D eigenvalue weighted by molar-refractivity contribution is 5.94. The fourth-order valence-corrected chi connectivity index (χ4v) is 2.82. The van der Waals surface area contributed by atoms with Crippen LogP contribution in [0.15, 0.2) is 24.3 Å². The van der Waals surface area contributed by atoms with Crippen LogP contribution in [0, 0.1) is 0 Å². The number of amides is 2. The van der Waals surface area contributed by atoms with Gasteiger partial charge in [0.15, 0.2) is 0 Å². The summed E-state index contributed by atoms with van der Waals surface area (Å²) >= 11 is 0. The molecule has 1 aliphatic heterocycles. The zero-order valence-corrected chi connectivity index (χ0v) is 15.1. The van der Waals surface area contributed by atoms with Crippen LogP contribution in [-0.2, 0) is 11.3 Å². The molecule has 1 heterocycles. The second kappa shape index (κ2) is 10.3. The van der Waals surface area contributed by atoms with Crippen LogP contribution in [0.4, 0.5) is 0 Å². The molecule has 1 aromatic rings. The lowest BCUT2D eigenvalue weighted by Gasteiger charge is -2.17. The van der Waals surface area contributed by atoms with E-state index in [4.69, 9.17) is 5.73 Å². The first-order valence-electron chi connectivity index (χ1n) is 8.51. The number of rotatable bonds is 8. The van der Waals surface area contributed by atoms with E-state index >= 15 is 0 Å². The van der Waals surface area contributed by atoms with Gasteiger partial charge in [-0.1, -0.05) is 31.9 Å². The van der Waals surface area contributed by atoms with Gasteiger partial charge in [0.1, 0.15) is 0 Å². The summed E-state index contributed by atoms with van der Waals surface area (Å²) in [6, 6.07) is 7.51. The molecule has 0 bridgehead atoms. The predicted octanol–water partition coefficient (Wildman–Crippen LogP) is 2.48. The number of nitrogens with one attached hydrogen (secondary N) is 1. The van der Waals surface area contributed by atoms with Crippen molar-refractivity contribution in [3.05, 3.63) is 35.4 Å². The minimum absolute atomic E-state index is 0. The maximum absolute atomic E-state index is 12.3. The Labute approximate surface area is 150 Å². The maximum atomic E-state index is 12.3. The van der Waals surface area contributed by atoms with Crippen LogP contribution >= 0.6 is 12.4 Å². The Hall–Kier alpha value is -1.59. The number of halogens is 1. The molecule has 0 aliphatic carbocycles. The van der Waals surface area contributed by atoms with Gasteiger partial charge in [0.25, 0.3) is 5.91 Å². The van der Waals surface area contributed by atoms with Crippen LogP contribution in [0.2, 0.25) is 0 Å². The summed E-state index contributed by atoms with van der Waals surface area (Å²) in [7, 11) is 0. The fraction of sp³-hybridized carbons (Fsp3) is 0.556. The van der Waals surface area contributed by atoms with Crippen molar-refractivity contribution in [1.29, 1.82) is 0 Å². The van der Waals surface area contributed by atoms with Gasteiger partial charge in [-0.25, -0.2) is 0 Å². The molecule has 2 rings (SSSR count). The minimum atomic E-state index is -0.0830. The SMILES string of the molecule is CCCCC(CN)NC(=O)c1ccc(CN2CCCC2=O)cc1.Cl. The quantitative estimate of drug-likeness (QED) is 0.753. The van der Waals surface area contributed by atoms with Crippen molar-refractivity contribution < 1.29 is 9.59 Å². The lowest BCUT2D eigenvalue weighted by Crippen LogP contribution is -2.40. The highest BCUT2D eigenvalue weighted by Gasteiger charge is 2.20. The molecule has 0 saturated carbocycles. The summed E-state index contributed by atoms with van der Waals surface area (Å²) < 4.78 is 0. The van der Waals surface area contributed by atoms with Gasteiger partial charge in [0.2, 0.25) is 5.91 Å². The average molecular weight is 354 g/mol. The van der Waals surface area contributed by atoms with Crippen LogP contribution in [0.1, 0.15) is 54.9 Å². The number of carbonyl (C=O) groups excluding carboxylic acids is 2. The third-order valence-corrected chi connectivity index (χ3v) is 4.29. The molecule has 1 unspecified atom stereocenters. The third-order valence-electron chi connectivity index (χ3n) is 4.29. The number of hydrogen-bond donors (Lipinski definition) is 2. The molecule has 1 fully saturated rings. The summed E-state index contributed by atoms with van der Waals surface area (Å²) in [6.45, 7) is 4.04. The van der Waals surface area contributed by atoms with E-state index in [-0.39, 0.29) is 30.3 Å². The van der Waals surface area contributed by atoms with E-state index in [1.807, 2.05) is 29.2 Å². The van der Waals surface area contributed by atoms with Gasteiger partial charge in [-0.15, -0.1) is 12.4 Å². The molecule has 5 nitrogen and oxygen atoms in total. The van der Waals surface area contributed by atoms with Crippen LogP contribution in [0.5, 0.6) is 0 Å². The van der Waals surface area contributed by atoms with E-state index in [1.54, 1.807) is 0 Å². The molecule has 24 heavy (non-hydrogen) atoms. The molecule has 0 aromatic heterocycles. The van der Waals surface area contributed by atoms with Gasteiger partial charge in [-0.3, -0.25) is 9.59 Å². The molecule has 6 heteroatoms. The van der Waals surface area contributed by atoms with Crippen molar-refractivity contribution in [2.24, 2.45) is 5.73 Å². The lowest BCUT2D eigenvalue weighted by atomic mass is 10.1. The van der Waals surface area contributed by atoms with Crippen molar-refractivity contribution in [3.63, 3.8) is 0 Å². The first-order chi connectivity index (χ1) is 11.1. The standard InChI is InChI=1S/C18H27N3O2.ClH/c1-2-3-5-16(12-19)20-18(23)15-9-7-14(8-10-15)13-21-11-4-6-17(21)22;/h7-10,16H,2-6,11-13,19H2,1H3,(H,20,23);1H. The molecule has 134 valence electrons. The monoisotopic (exact) mass is 353 g/mol. The highest BCUT2D eigenvalue weighted by atomic mass is 35.5. The summed E-state index contributed by atoms with van der Waals surface area (Å²) in [6.07, 6.45) is 4.66. The van der Waals surface area contributed by atoms with Crippen molar-refractivity contribution in [3.8, 4) is 0 Å². The van der Waals surface area contributed by atoms with Gasteiger partial charge in [0, 0.05) is 37.7 Å². The van der Waals surface area contributed by atoms with E-state index in [2.05, 4.69) is 12.2 Å². The Balaban J connectivity index is 0.00000288. The number of carbonyl (C=O) groups is 2. The van der Waals surface area contributed by atoms with Crippen molar-refractivity contribution >= 4 is 24.2 Å². The van der Waals surface area contributed by atoms with Gasteiger partial charge >= 0.3 is 0 Å². The Morgan fingerprint density at radius 2 is 2.04 bits per heavy atom. The molecule has 1 saturated heterocycles. The number of nitrogens with two attached hydrogens (primary N) is 1. The normalized spacial score (nSPS) is 15.1. The van der Waals surface area contributed by atoms with Crippen LogP contribution in [-0.4, -0.2) is 35.8 Å². The zero-order chi connectivity index (χ0) is 16.7. The van der Waals surface area contributed by atoms with Gasteiger partial charge < -0.3 is 16.0 Å². The summed E-state index contributed by atoms with van der Waals surface area (Å²) in [5, 5.41) is 2.99. The molecule has 3 N–H and O–H groups in total. The number of benzene rings is 1. The number of hydrogen-bond acceptors (Lipinski definition) is 3. The second-order valence-corrected chi connectivity index (χ2v) is 6.16. The molecular weight excluding hydrogens is 326 g/mol. The smallest absolute Gasteiger partial charge is 0.251 e. The molecule has 0 spiro atoms. The Morgan fingerprint density at radius 1 is 1.33 bits per heavy atom. The van der Waals surface area contributed by atoms with Gasteiger partial charge in [-0.2, -0.15) is 0 Å². The molecule has 1 aromatic carbocycles. The van der Waals surface area contributed by atoms with Crippen molar-refractivity contribution in [2.75, 3.05) is 13.1 Å². The zero-order valence-electron chi connectivity index (χ0n) is 14.3. The first kappa shape index (κ1) is 20.5. The highest BCUT2D eigenvalue weighted by Crippen LogP contribution is 2.15. The fourth-order valence-electron chi connectivity index (χ4n) is 2.82. The lowest BCUT2D eigenvalue weighted by molar-refractivity contribution is -0.128. The first-order valence-corrected chi connectivity index (χ1v) is 8.51. The molecular formula is C18H28ClN3O2. The third kappa shape index (κ3) is 5.80. The number of nitrogens with zero attached hydrogens (tertiary/aromatic N) is 1. The van der Waals surface area contributed by atoms with Crippen LogP contribution in [0.3, 0.4) is 0 Å². The summed E-state index contributed by atoms with van der Waals surface area (Å²) in [4.78, 5) is 25.8. The van der Waals surface area contributed by atoms with E-state index in [0.717, 1.165) is 37.8 Å². The van der Waals surface area contributed by atoms with E-state index in [1.165, 1.54) is 0 Å². The van der Waals surface area contributed by atoms with E-state index in [9.17, 15) is 9.59 Å². The van der Waals surface area contributed by atoms with E-state index in [0.29, 0.717) is 25.1 Å². The second-order valence-electron chi connectivity index (χ2n) is 6.16. The van der Waals surface area contributed by atoms with Gasteiger partial charge in [-0.05, 0) is 30.5 Å². The largest absolute Gasteiger partial charge is 0.348 e. The molecule has 1 aliphatic rings. The van der Waals surface area contributed by atoms with Gasteiger partial charge in [0.05, 0.1) is 0 Å². The average Bonchev–Trinajstić information content (AvgIpc) is 2.97. The van der Waals surface area contributed by atoms with Crippen molar-refractivity contribution in [2.45, 2.75) is 51.6 Å². The van der Waals surface area contributed by atoms with Crippen LogP contribution in [0.25, 0.3) is 0 Å². The van der Waals surface area contributed by atoms with Crippen LogP contribution < -0.4 is 11.1 Å². The van der Waals surface area contributed by atoms with Crippen molar-refractivity contribution in [1.82, 2.24) is 10.2 Å². The minimum Gasteiger partial charge on any atom is -0.348 e. The van der Waals surface area contributed by atoms with E-state index < -0.39 is 0 Å². The number of likely N-dealkylation sites (tertiary alicyclic amines) is 1. The maximum Gasteiger partial charge on any atom is 0.251 e. The Bertz CT molecular complexity index is 534. The Morgan fingerprint density at radius 3 is 2.58 bits per heavy atom. The molecule has 2 amide bonds. The summed E-state index contributed by atoms with van der Waals surface area (Å²) in [5.74, 6) is 0.133. The number of unbranched alkanes of at least 4 members (excludes halogenated alkanes) is 1. The summed E-state index contributed by atoms with van der Waals surface area (Å²) in [5.41, 5.74) is 7.41. The Kier molecular flexibility index (Phi) is 8.79. The molecule has 0 radical (unpaired) electrons.